The number of rotatable bonds is 8. The lowest BCUT2D eigenvalue weighted by atomic mass is 9.90. The molecule has 1 aliphatic heterocycles. The molecule has 186 valence electrons. The Balaban J connectivity index is 1.44. The Morgan fingerprint density at radius 1 is 1.09 bits per heavy atom. The van der Waals surface area contributed by atoms with Crippen molar-refractivity contribution in [3.63, 3.8) is 0 Å². The number of methoxy groups -OCH3 is 1. The number of nitrogens with zero attached hydrogens (tertiary/aromatic N) is 2. The molecule has 2 N–H and O–H groups in total. The van der Waals surface area contributed by atoms with Gasteiger partial charge in [-0.25, -0.2) is 4.79 Å². The summed E-state index contributed by atoms with van der Waals surface area (Å²) in [6.07, 6.45) is 3.43. The molecule has 0 spiro atoms. The number of nitrogens with one attached hydrogen (secondary N) is 2. The van der Waals surface area contributed by atoms with Crippen molar-refractivity contribution in [2.24, 2.45) is 5.92 Å². The number of aromatic nitrogens is 1. The first-order valence-corrected chi connectivity index (χ1v) is 12.6. The maximum Gasteiger partial charge on any atom is 0.319 e. The van der Waals surface area contributed by atoms with Gasteiger partial charge in [0.05, 0.1) is 7.11 Å². The molecule has 2 heterocycles. The number of H-pyrrole nitrogens is 1. The maximum absolute atomic E-state index is 13.1. The number of amides is 3. The summed E-state index contributed by atoms with van der Waals surface area (Å²) < 4.78 is 5.34. The van der Waals surface area contributed by atoms with Crippen LogP contribution in [0.2, 0.25) is 0 Å². The summed E-state index contributed by atoms with van der Waals surface area (Å²) >= 11 is 0. The highest BCUT2D eigenvalue weighted by atomic mass is 16.5. The van der Waals surface area contributed by atoms with Gasteiger partial charge in [0.1, 0.15) is 5.75 Å². The average molecular weight is 477 g/mol. The number of aromatic amines is 1. The van der Waals surface area contributed by atoms with Gasteiger partial charge in [0.15, 0.2) is 0 Å². The molecule has 1 aromatic heterocycles. The molecule has 0 bridgehead atoms. The standard InChI is InChI=1S/C28H36N4O3/c1-4-31(5-2)28(34)32-16-14-21(15-17-32)27(33)30-18-24(20-10-12-22(35-3)13-11-20)25-19-29-26-9-7-6-8-23(25)26/h6-13,19,21,24,29H,4-5,14-18H2,1-3H3,(H,30,33)/t24-/m1/s1. The van der Waals surface area contributed by atoms with Crippen LogP contribution in [0.3, 0.4) is 0 Å². The maximum atomic E-state index is 13.1. The van der Waals surface area contributed by atoms with Crippen molar-refractivity contribution in [3.8, 4) is 5.75 Å². The topological polar surface area (TPSA) is 77.7 Å². The third-order valence-corrected chi connectivity index (χ3v) is 7.17. The molecule has 7 heteroatoms. The number of carbonyl (C=O) groups is 2. The van der Waals surface area contributed by atoms with Gasteiger partial charge in [-0.3, -0.25) is 4.79 Å². The van der Waals surface area contributed by atoms with Gasteiger partial charge in [-0.15, -0.1) is 0 Å². The predicted octanol–water partition coefficient (Wildman–Crippen LogP) is 4.60. The summed E-state index contributed by atoms with van der Waals surface area (Å²) in [5.41, 5.74) is 3.36. The first kappa shape index (κ1) is 24.6. The first-order valence-electron chi connectivity index (χ1n) is 12.6. The van der Waals surface area contributed by atoms with Gasteiger partial charge >= 0.3 is 6.03 Å². The lowest BCUT2D eigenvalue weighted by molar-refractivity contribution is -0.126. The Kier molecular flexibility index (Phi) is 7.95. The number of likely N-dealkylation sites (tertiary alicyclic amines) is 1. The molecule has 3 amide bonds. The van der Waals surface area contributed by atoms with Crippen molar-refractivity contribution >= 4 is 22.8 Å². The molecule has 2 aromatic carbocycles. The van der Waals surface area contributed by atoms with Crippen LogP contribution in [0.4, 0.5) is 4.79 Å². The third kappa shape index (κ3) is 5.45. The van der Waals surface area contributed by atoms with Crippen LogP contribution in [0.1, 0.15) is 43.7 Å². The van der Waals surface area contributed by atoms with E-state index < -0.39 is 0 Å². The molecule has 0 aliphatic carbocycles. The van der Waals surface area contributed by atoms with E-state index in [1.807, 2.05) is 54.1 Å². The van der Waals surface area contributed by atoms with Crippen LogP contribution in [0.25, 0.3) is 10.9 Å². The molecular weight excluding hydrogens is 440 g/mol. The molecule has 0 saturated carbocycles. The summed E-state index contributed by atoms with van der Waals surface area (Å²) in [5, 5.41) is 4.38. The van der Waals surface area contributed by atoms with Crippen LogP contribution in [0.15, 0.2) is 54.7 Å². The Labute approximate surface area is 207 Å². The number of hydrogen-bond donors (Lipinski definition) is 2. The van der Waals surface area contributed by atoms with E-state index in [1.54, 1.807) is 7.11 Å². The summed E-state index contributed by atoms with van der Waals surface area (Å²) in [5.74, 6) is 0.806. The first-order chi connectivity index (χ1) is 17.0. The molecule has 1 saturated heterocycles. The van der Waals surface area contributed by atoms with Gasteiger partial charge in [-0.05, 0) is 56.0 Å². The van der Waals surface area contributed by atoms with E-state index in [0.29, 0.717) is 45.6 Å². The van der Waals surface area contributed by atoms with Crippen molar-refractivity contribution < 1.29 is 14.3 Å². The van der Waals surface area contributed by atoms with Crippen LogP contribution in [0.5, 0.6) is 5.75 Å². The fraction of sp³-hybridized carbons (Fsp3) is 0.429. The van der Waals surface area contributed by atoms with Crippen molar-refractivity contribution in [3.05, 3.63) is 65.9 Å². The van der Waals surface area contributed by atoms with Gasteiger partial charge < -0.3 is 24.8 Å². The van der Waals surface area contributed by atoms with Crippen LogP contribution in [-0.4, -0.2) is 66.6 Å². The zero-order valence-electron chi connectivity index (χ0n) is 20.9. The van der Waals surface area contributed by atoms with E-state index >= 15 is 0 Å². The lowest BCUT2D eigenvalue weighted by Gasteiger charge is -2.35. The minimum absolute atomic E-state index is 0.00494. The predicted molar refractivity (Wildman–Crippen MR) is 139 cm³/mol. The van der Waals surface area contributed by atoms with Crippen LogP contribution in [0, 0.1) is 5.92 Å². The van der Waals surface area contributed by atoms with E-state index in [-0.39, 0.29) is 23.8 Å². The Bertz CT molecular complexity index is 1130. The van der Waals surface area contributed by atoms with Crippen LogP contribution < -0.4 is 10.1 Å². The van der Waals surface area contributed by atoms with E-state index in [9.17, 15) is 9.59 Å². The second kappa shape index (κ2) is 11.3. The third-order valence-electron chi connectivity index (χ3n) is 7.17. The minimum atomic E-state index is -0.0739. The number of benzene rings is 2. The highest BCUT2D eigenvalue weighted by Gasteiger charge is 2.29. The van der Waals surface area contributed by atoms with Gasteiger partial charge in [0.2, 0.25) is 5.91 Å². The monoisotopic (exact) mass is 476 g/mol. The molecule has 35 heavy (non-hydrogen) atoms. The quantitative estimate of drug-likeness (QED) is 0.499. The molecule has 1 fully saturated rings. The molecule has 3 aromatic rings. The fourth-order valence-electron chi connectivity index (χ4n) is 5.00. The number of carbonyl (C=O) groups excluding carboxylic acids is 2. The number of piperidine rings is 1. The van der Waals surface area contributed by atoms with Gasteiger partial charge in [-0.1, -0.05) is 30.3 Å². The van der Waals surface area contributed by atoms with Gasteiger partial charge in [0.25, 0.3) is 0 Å². The number of para-hydroxylation sites is 1. The Morgan fingerprint density at radius 2 is 1.77 bits per heavy atom. The second-order valence-electron chi connectivity index (χ2n) is 9.08. The van der Waals surface area contributed by atoms with E-state index in [1.165, 1.54) is 0 Å². The lowest BCUT2D eigenvalue weighted by Crippen LogP contribution is -2.48. The fourth-order valence-corrected chi connectivity index (χ4v) is 5.00. The molecule has 4 rings (SSSR count). The zero-order valence-corrected chi connectivity index (χ0v) is 20.9. The molecule has 0 radical (unpaired) electrons. The molecule has 0 unspecified atom stereocenters. The zero-order chi connectivity index (χ0) is 24.8. The van der Waals surface area contributed by atoms with E-state index in [4.69, 9.17) is 4.74 Å². The Hall–Kier alpha value is -3.48. The number of ether oxygens (including phenoxy) is 1. The summed E-state index contributed by atoms with van der Waals surface area (Å²) in [4.78, 5) is 32.8. The highest BCUT2D eigenvalue weighted by Crippen LogP contribution is 2.31. The largest absolute Gasteiger partial charge is 0.497 e. The van der Waals surface area contributed by atoms with Crippen molar-refractivity contribution in [1.29, 1.82) is 0 Å². The summed E-state index contributed by atoms with van der Waals surface area (Å²) in [6, 6.07) is 16.4. The average Bonchev–Trinajstić information content (AvgIpc) is 3.34. The molecule has 1 atom stereocenters. The minimum Gasteiger partial charge on any atom is -0.497 e. The van der Waals surface area contributed by atoms with E-state index in [0.717, 1.165) is 27.8 Å². The smallest absolute Gasteiger partial charge is 0.319 e. The van der Waals surface area contributed by atoms with Crippen molar-refractivity contribution in [2.75, 3.05) is 39.8 Å². The number of hydrogen-bond acceptors (Lipinski definition) is 3. The van der Waals surface area contributed by atoms with Crippen LogP contribution in [-0.2, 0) is 4.79 Å². The van der Waals surface area contributed by atoms with E-state index in [2.05, 4.69) is 34.6 Å². The second-order valence-corrected chi connectivity index (χ2v) is 9.08. The number of fused-ring (bicyclic) bond motifs is 1. The molecule has 1 aliphatic rings. The van der Waals surface area contributed by atoms with Gasteiger partial charge in [0, 0.05) is 61.7 Å². The highest BCUT2D eigenvalue weighted by molar-refractivity contribution is 5.84. The van der Waals surface area contributed by atoms with Gasteiger partial charge in [-0.2, -0.15) is 0 Å². The summed E-state index contributed by atoms with van der Waals surface area (Å²) in [7, 11) is 1.66. The van der Waals surface area contributed by atoms with Crippen molar-refractivity contribution in [2.45, 2.75) is 32.6 Å². The normalized spacial score (nSPS) is 15.1. The van der Waals surface area contributed by atoms with Crippen molar-refractivity contribution in [1.82, 2.24) is 20.1 Å². The molecular formula is C28H36N4O3. The SMILES string of the molecule is CCN(CC)C(=O)N1CCC(C(=O)NC[C@H](c2ccc(OC)cc2)c2c[nH]c3ccccc23)CC1. The molecule has 7 nitrogen and oxygen atoms in total. The summed E-state index contributed by atoms with van der Waals surface area (Å²) in [6.45, 7) is 7.15. The van der Waals surface area contributed by atoms with Crippen LogP contribution >= 0.6 is 0 Å². The number of urea groups is 1. The Morgan fingerprint density at radius 3 is 2.43 bits per heavy atom.